The van der Waals surface area contributed by atoms with Crippen molar-refractivity contribution in [1.29, 1.82) is 5.26 Å². The molecule has 0 atom stereocenters. The average Bonchev–Trinajstić information content (AvgIpc) is 2.31. The van der Waals surface area contributed by atoms with Crippen LogP contribution in [0, 0.1) is 11.3 Å². The lowest BCUT2D eigenvalue weighted by Gasteiger charge is -2.09. The maximum absolute atomic E-state index is 12.0. The molecule has 0 amide bonds. The highest BCUT2D eigenvalue weighted by molar-refractivity contribution is 5.79. The first kappa shape index (κ1) is 10.4. The van der Waals surface area contributed by atoms with Crippen molar-refractivity contribution in [2.75, 3.05) is 0 Å². The zero-order valence-corrected chi connectivity index (χ0v) is 9.10. The van der Waals surface area contributed by atoms with Gasteiger partial charge in [-0.15, -0.1) is 0 Å². The van der Waals surface area contributed by atoms with E-state index in [1.54, 1.807) is 4.57 Å². The Morgan fingerprint density at radius 1 is 1.38 bits per heavy atom. The third kappa shape index (κ3) is 1.59. The molecule has 3 heteroatoms. The molecule has 0 bridgehead atoms. The maximum atomic E-state index is 12.0. The fraction of sp³-hybridized carbons (Fsp3) is 0.231. The molecule has 0 unspecified atom stereocenters. The van der Waals surface area contributed by atoms with Gasteiger partial charge in [-0.1, -0.05) is 18.2 Å². The number of rotatable bonds is 2. The minimum atomic E-state index is -0.0530. The lowest BCUT2D eigenvalue weighted by molar-refractivity contribution is 0.751. The van der Waals surface area contributed by atoms with Gasteiger partial charge in [0.25, 0.3) is 5.56 Å². The minimum Gasteiger partial charge on any atom is -0.308 e. The van der Waals surface area contributed by atoms with E-state index in [0.717, 1.165) is 10.9 Å². The fourth-order valence-electron chi connectivity index (χ4n) is 1.91. The van der Waals surface area contributed by atoms with Gasteiger partial charge in [0, 0.05) is 12.1 Å². The van der Waals surface area contributed by atoms with Crippen molar-refractivity contribution in [2.24, 2.45) is 0 Å². The van der Waals surface area contributed by atoms with Crippen molar-refractivity contribution < 1.29 is 0 Å². The standard InChI is InChI=1S/C13H12N2O/c1-2-15-12-6-4-3-5-10(12)9-11(7-8-14)13(15)16/h3-6,9H,2,7H2,1H3. The molecule has 0 saturated heterocycles. The van der Waals surface area contributed by atoms with Crippen LogP contribution in [0.15, 0.2) is 35.1 Å². The van der Waals surface area contributed by atoms with Crippen LogP contribution in [-0.4, -0.2) is 4.57 Å². The summed E-state index contributed by atoms with van der Waals surface area (Å²) in [6, 6.07) is 11.6. The second-order valence-corrected chi connectivity index (χ2v) is 3.61. The Bertz CT molecular complexity index is 620. The summed E-state index contributed by atoms with van der Waals surface area (Å²) < 4.78 is 1.71. The number of pyridine rings is 1. The zero-order chi connectivity index (χ0) is 11.5. The van der Waals surface area contributed by atoms with Crippen LogP contribution in [0.2, 0.25) is 0 Å². The summed E-state index contributed by atoms with van der Waals surface area (Å²) in [5, 5.41) is 9.69. The number of nitriles is 1. The Morgan fingerprint density at radius 3 is 2.81 bits per heavy atom. The summed E-state index contributed by atoms with van der Waals surface area (Å²) in [6.45, 7) is 2.56. The normalized spacial score (nSPS) is 10.2. The van der Waals surface area contributed by atoms with Gasteiger partial charge in [-0.25, -0.2) is 0 Å². The van der Waals surface area contributed by atoms with Gasteiger partial charge < -0.3 is 4.57 Å². The minimum absolute atomic E-state index is 0.0530. The van der Waals surface area contributed by atoms with Crippen LogP contribution in [-0.2, 0) is 13.0 Å². The monoisotopic (exact) mass is 212 g/mol. The van der Waals surface area contributed by atoms with E-state index in [2.05, 4.69) is 0 Å². The lowest BCUT2D eigenvalue weighted by atomic mass is 10.1. The van der Waals surface area contributed by atoms with Crippen molar-refractivity contribution in [3.8, 4) is 6.07 Å². The van der Waals surface area contributed by atoms with Gasteiger partial charge in [-0.3, -0.25) is 4.79 Å². The largest absolute Gasteiger partial charge is 0.308 e. The molecule has 0 fully saturated rings. The molecular formula is C13H12N2O. The molecule has 0 saturated carbocycles. The van der Waals surface area contributed by atoms with Gasteiger partial charge in [-0.05, 0) is 24.4 Å². The number of benzene rings is 1. The lowest BCUT2D eigenvalue weighted by Crippen LogP contribution is -2.23. The summed E-state index contributed by atoms with van der Waals surface area (Å²) in [7, 11) is 0. The second-order valence-electron chi connectivity index (χ2n) is 3.61. The van der Waals surface area contributed by atoms with E-state index in [1.807, 2.05) is 43.3 Å². The number of para-hydroxylation sites is 1. The summed E-state index contributed by atoms with van der Waals surface area (Å²) >= 11 is 0. The number of aryl methyl sites for hydroxylation is 1. The van der Waals surface area contributed by atoms with Crippen molar-refractivity contribution in [1.82, 2.24) is 4.57 Å². The average molecular weight is 212 g/mol. The topological polar surface area (TPSA) is 45.8 Å². The Balaban J connectivity index is 2.84. The molecule has 0 N–H and O–H groups in total. The van der Waals surface area contributed by atoms with Gasteiger partial charge in [0.1, 0.15) is 0 Å². The third-order valence-corrected chi connectivity index (χ3v) is 2.66. The molecule has 2 aromatic rings. The molecule has 0 spiro atoms. The number of aromatic nitrogens is 1. The first-order valence-electron chi connectivity index (χ1n) is 5.26. The molecule has 80 valence electrons. The number of fused-ring (bicyclic) bond motifs is 1. The quantitative estimate of drug-likeness (QED) is 0.765. The molecule has 2 rings (SSSR count). The van der Waals surface area contributed by atoms with Crippen LogP contribution < -0.4 is 5.56 Å². The van der Waals surface area contributed by atoms with Gasteiger partial charge in [0.05, 0.1) is 18.0 Å². The fourth-order valence-corrected chi connectivity index (χ4v) is 1.91. The first-order chi connectivity index (χ1) is 7.77. The number of nitrogens with zero attached hydrogens (tertiary/aromatic N) is 2. The molecule has 0 aliphatic rings. The Kier molecular flexibility index (Phi) is 2.74. The van der Waals surface area contributed by atoms with Gasteiger partial charge in [-0.2, -0.15) is 5.26 Å². The zero-order valence-electron chi connectivity index (χ0n) is 9.10. The van der Waals surface area contributed by atoms with E-state index in [9.17, 15) is 4.79 Å². The molecule has 16 heavy (non-hydrogen) atoms. The number of hydrogen-bond acceptors (Lipinski definition) is 2. The highest BCUT2D eigenvalue weighted by Crippen LogP contribution is 2.13. The second kappa shape index (κ2) is 4.19. The van der Waals surface area contributed by atoms with Crippen LogP contribution in [0.5, 0.6) is 0 Å². The number of hydrogen-bond donors (Lipinski definition) is 0. The van der Waals surface area contributed by atoms with Crippen molar-refractivity contribution in [3.05, 3.63) is 46.2 Å². The highest BCUT2D eigenvalue weighted by atomic mass is 16.1. The molecule has 3 nitrogen and oxygen atoms in total. The summed E-state index contributed by atoms with van der Waals surface area (Å²) in [6.07, 6.45) is 0.170. The van der Waals surface area contributed by atoms with Crippen molar-refractivity contribution in [2.45, 2.75) is 19.9 Å². The highest BCUT2D eigenvalue weighted by Gasteiger charge is 2.06. The SMILES string of the molecule is CCn1c(=O)c(CC#N)cc2ccccc21. The van der Waals surface area contributed by atoms with E-state index in [1.165, 1.54) is 0 Å². The van der Waals surface area contributed by atoms with Crippen LogP contribution in [0.25, 0.3) is 10.9 Å². The predicted octanol–water partition coefficient (Wildman–Crippen LogP) is 2.09. The Labute approximate surface area is 93.6 Å². The smallest absolute Gasteiger partial charge is 0.255 e. The predicted molar refractivity (Wildman–Crippen MR) is 63.2 cm³/mol. The van der Waals surface area contributed by atoms with E-state index in [0.29, 0.717) is 12.1 Å². The molecule has 1 heterocycles. The van der Waals surface area contributed by atoms with Gasteiger partial charge in [0.15, 0.2) is 0 Å². The van der Waals surface area contributed by atoms with Crippen LogP contribution >= 0.6 is 0 Å². The van der Waals surface area contributed by atoms with Gasteiger partial charge in [0.2, 0.25) is 0 Å². The Morgan fingerprint density at radius 2 is 2.12 bits per heavy atom. The van der Waals surface area contributed by atoms with E-state index >= 15 is 0 Å². The van der Waals surface area contributed by atoms with Gasteiger partial charge >= 0.3 is 0 Å². The summed E-state index contributed by atoms with van der Waals surface area (Å²) in [5.41, 5.74) is 1.45. The third-order valence-electron chi connectivity index (χ3n) is 2.66. The van der Waals surface area contributed by atoms with Crippen molar-refractivity contribution in [3.63, 3.8) is 0 Å². The summed E-state index contributed by atoms with van der Waals surface area (Å²) in [4.78, 5) is 12.0. The maximum Gasteiger partial charge on any atom is 0.255 e. The van der Waals surface area contributed by atoms with Crippen LogP contribution in [0.1, 0.15) is 12.5 Å². The van der Waals surface area contributed by atoms with E-state index in [4.69, 9.17) is 5.26 Å². The molecular weight excluding hydrogens is 200 g/mol. The van der Waals surface area contributed by atoms with Crippen LogP contribution in [0.4, 0.5) is 0 Å². The van der Waals surface area contributed by atoms with Crippen LogP contribution in [0.3, 0.4) is 0 Å². The first-order valence-corrected chi connectivity index (χ1v) is 5.26. The molecule has 0 aliphatic carbocycles. The van der Waals surface area contributed by atoms with E-state index < -0.39 is 0 Å². The molecule has 1 aromatic heterocycles. The summed E-state index contributed by atoms with van der Waals surface area (Å²) in [5.74, 6) is 0. The Hall–Kier alpha value is -2.08. The van der Waals surface area contributed by atoms with E-state index in [-0.39, 0.29) is 12.0 Å². The molecule has 0 aliphatic heterocycles. The molecule has 0 radical (unpaired) electrons. The van der Waals surface area contributed by atoms with Crippen molar-refractivity contribution >= 4 is 10.9 Å². The molecule has 1 aromatic carbocycles.